The zero-order valence-electron chi connectivity index (χ0n) is 12.2. The Hall–Kier alpha value is -2.01. The van der Waals surface area contributed by atoms with Crippen LogP contribution in [0, 0.1) is 0 Å². The van der Waals surface area contributed by atoms with Gasteiger partial charge in [-0.3, -0.25) is 4.68 Å². The van der Waals surface area contributed by atoms with Crippen molar-refractivity contribution in [1.29, 1.82) is 0 Å². The fraction of sp³-hybridized carbons (Fsp3) is 0.400. The van der Waals surface area contributed by atoms with Crippen molar-refractivity contribution in [2.24, 2.45) is 5.73 Å². The second-order valence-electron chi connectivity index (χ2n) is 4.89. The summed E-state index contributed by atoms with van der Waals surface area (Å²) in [5.74, 6) is 1.58. The average molecular weight is 275 g/mol. The lowest BCUT2D eigenvalue weighted by Gasteiger charge is -2.09. The van der Waals surface area contributed by atoms with Gasteiger partial charge >= 0.3 is 0 Å². The molecule has 1 aromatic heterocycles. The largest absolute Gasteiger partial charge is 0.496 e. The van der Waals surface area contributed by atoms with Crippen LogP contribution in [0.25, 0.3) is 0 Å². The third-order valence-corrected chi connectivity index (χ3v) is 3.08. The van der Waals surface area contributed by atoms with Gasteiger partial charge in [-0.2, -0.15) is 5.10 Å². The standard InChI is InChI=1S/C15H21N3O2/c1-11(2)18-9-14(8-17-18)20-10-12-4-5-15(19-3)13(6-12)7-16/h4-6,8-9,11H,7,10,16H2,1-3H3. The third-order valence-electron chi connectivity index (χ3n) is 3.08. The average Bonchev–Trinajstić information content (AvgIpc) is 2.94. The van der Waals surface area contributed by atoms with Gasteiger partial charge in [0.05, 0.1) is 19.5 Å². The Balaban J connectivity index is 2.03. The Morgan fingerprint density at radius 1 is 1.35 bits per heavy atom. The first-order valence-electron chi connectivity index (χ1n) is 6.67. The van der Waals surface area contributed by atoms with Crippen LogP contribution in [0.15, 0.2) is 30.6 Å². The van der Waals surface area contributed by atoms with Crippen LogP contribution >= 0.6 is 0 Å². The topological polar surface area (TPSA) is 62.3 Å². The summed E-state index contributed by atoms with van der Waals surface area (Å²) in [6, 6.07) is 6.23. The Kier molecular flexibility index (Phi) is 4.63. The summed E-state index contributed by atoms with van der Waals surface area (Å²) in [4.78, 5) is 0. The molecule has 0 fully saturated rings. The molecule has 5 nitrogen and oxygen atoms in total. The lowest BCUT2D eigenvalue weighted by atomic mass is 10.1. The molecule has 0 aliphatic heterocycles. The van der Waals surface area contributed by atoms with Crippen molar-refractivity contribution in [3.63, 3.8) is 0 Å². The van der Waals surface area contributed by atoms with Crippen molar-refractivity contribution >= 4 is 0 Å². The zero-order valence-corrected chi connectivity index (χ0v) is 12.2. The summed E-state index contributed by atoms with van der Waals surface area (Å²) >= 11 is 0. The molecule has 108 valence electrons. The van der Waals surface area contributed by atoms with E-state index in [1.54, 1.807) is 13.3 Å². The first kappa shape index (κ1) is 14.4. The van der Waals surface area contributed by atoms with Crippen molar-refractivity contribution in [3.8, 4) is 11.5 Å². The van der Waals surface area contributed by atoms with Gasteiger partial charge in [-0.15, -0.1) is 0 Å². The second kappa shape index (κ2) is 6.43. The molecule has 0 aliphatic rings. The maximum atomic E-state index is 5.73. The van der Waals surface area contributed by atoms with Gasteiger partial charge in [0.1, 0.15) is 12.4 Å². The number of methoxy groups -OCH3 is 1. The predicted molar refractivity (Wildman–Crippen MR) is 77.8 cm³/mol. The van der Waals surface area contributed by atoms with E-state index in [0.29, 0.717) is 19.2 Å². The molecule has 0 aliphatic carbocycles. The SMILES string of the molecule is COc1ccc(COc2cnn(C(C)C)c2)cc1CN. The highest BCUT2D eigenvalue weighted by atomic mass is 16.5. The molecule has 0 spiro atoms. The fourth-order valence-electron chi connectivity index (χ4n) is 1.93. The molecule has 0 amide bonds. The minimum absolute atomic E-state index is 0.331. The molecule has 1 aromatic carbocycles. The molecule has 1 heterocycles. The minimum atomic E-state index is 0.331. The normalized spacial score (nSPS) is 10.8. The van der Waals surface area contributed by atoms with E-state index >= 15 is 0 Å². The van der Waals surface area contributed by atoms with Crippen LogP contribution in [-0.2, 0) is 13.2 Å². The second-order valence-corrected chi connectivity index (χ2v) is 4.89. The van der Waals surface area contributed by atoms with E-state index in [9.17, 15) is 0 Å². The molecule has 0 unspecified atom stereocenters. The summed E-state index contributed by atoms with van der Waals surface area (Å²) in [6.07, 6.45) is 3.63. The van der Waals surface area contributed by atoms with Crippen LogP contribution in [0.3, 0.4) is 0 Å². The number of hydrogen-bond donors (Lipinski definition) is 1. The van der Waals surface area contributed by atoms with Gasteiger partial charge < -0.3 is 15.2 Å². The smallest absolute Gasteiger partial charge is 0.157 e. The summed E-state index contributed by atoms with van der Waals surface area (Å²) < 4.78 is 12.9. The Bertz CT molecular complexity index is 564. The van der Waals surface area contributed by atoms with E-state index in [0.717, 1.165) is 22.6 Å². The maximum absolute atomic E-state index is 5.73. The number of hydrogen-bond acceptors (Lipinski definition) is 4. The van der Waals surface area contributed by atoms with Crippen molar-refractivity contribution in [1.82, 2.24) is 9.78 Å². The van der Waals surface area contributed by atoms with Crippen molar-refractivity contribution in [3.05, 3.63) is 41.7 Å². The van der Waals surface area contributed by atoms with Crippen molar-refractivity contribution in [2.75, 3.05) is 7.11 Å². The predicted octanol–water partition coefficient (Wildman–Crippen LogP) is 2.51. The van der Waals surface area contributed by atoms with E-state index in [1.165, 1.54) is 0 Å². The lowest BCUT2D eigenvalue weighted by molar-refractivity contribution is 0.305. The monoisotopic (exact) mass is 275 g/mol. The van der Waals surface area contributed by atoms with Gasteiger partial charge in [0, 0.05) is 18.2 Å². The van der Waals surface area contributed by atoms with E-state index in [1.807, 2.05) is 29.1 Å². The van der Waals surface area contributed by atoms with Crippen LogP contribution in [-0.4, -0.2) is 16.9 Å². The van der Waals surface area contributed by atoms with Crippen molar-refractivity contribution in [2.45, 2.75) is 33.0 Å². The van der Waals surface area contributed by atoms with E-state index < -0.39 is 0 Å². The van der Waals surface area contributed by atoms with E-state index in [2.05, 4.69) is 18.9 Å². The molecule has 0 bridgehead atoms. The lowest BCUT2D eigenvalue weighted by Crippen LogP contribution is -2.02. The van der Waals surface area contributed by atoms with Gasteiger partial charge in [0.25, 0.3) is 0 Å². The molecular formula is C15H21N3O2. The highest BCUT2D eigenvalue weighted by Crippen LogP contribution is 2.20. The van der Waals surface area contributed by atoms with Gasteiger partial charge in [-0.25, -0.2) is 0 Å². The molecule has 0 radical (unpaired) electrons. The molecule has 2 aromatic rings. The summed E-state index contributed by atoms with van der Waals surface area (Å²) in [7, 11) is 1.64. The van der Waals surface area contributed by atoms with Crippen LogP contribution in [0.1, 0.15) is 31.0 Å². The molecule has 0 saturated carbocycles. The summed E-state index contributed by atoms with van der Waals surface area (Å²) in [5, 5.41) is 4.24. The first-order chi connectivity index (χ1) is 9.63. The molecular weight excluding hydrogens is 254 g/mol. The molecule has 2 N–H and O–H groups in total. The number of rotatable bonds is 6. The highest BCUT2D eigenvalue weighted by Gasteiger charge is 2.05. The number of benzene rings is 1. The van der Waals surface area contributed by atoms with Crippen molar-refractivity contribution < 1.29 is 9.47 Å². The van der Waals surface area contributed by atoms with Gasteiger partial charge in [-0.05, 0) is 31.5 Å². The van der Waals surface area contributed by atoms with Crippen LogP contribution in [0.2, 0.25) is 0 Å². The maximum Gasteiger partial charge on any atom is 0.157 e. The summed E-state index contributed by atoms with van der Waals surface area (Å²) in [6.45, 7) is 5.09. The van der Waals surface area contributed by atoms with Gasteiger partial charge in [-0.1, -0.05) is 6.07 Å². The molecule has 20 heavy (non-hydrogen) atoms. The Labute approximate surface area is 119 Å². The zero-order chi connectivity index (χ0) is 14.5. The highest BCUT2D eigenvalue weighted by molar-refractivity contribution is 5.37. The molecule has 0 saturated heterocycles. The van der Waals surface area contributed by atoms with Crippen LogP contribution in [0.4, 0.5) is 0 Å². The number of aromatic nitrogens is 2. The van der Waals surface area contributed by atoms with E-state index in [4.69, 9.17) is 15.2 Å². The third kappa shape index (κ3) is 3.30. The Morgan fingerprint density at radius 3 is 2.75 bits per heavy atom. The van der Waals surface area contributed by atoms with Gasteiger partial charge in [0.2, 0.25) is 0 Å². The van der Waals surface area contributed by atoms with E-state index in [-0.39, 0.29) is 0 Å². The minimum Gasteiger partial charge on any atom is -0.496 e. The summed E-state index contributed by atoms with van der Waals surface area (Å²) in [5.41, 5.74) is 7.74. The number of nitrogens with two attached hydrogens (primary N) is 1. The number of nitrogens with zero attached hydrogens (tertiary/aromatic N) is 2. The van der Waals surface area contributed by atoms with Crippen LogP contribution in [0.5, 0.6) is 11.5 Å². The molecule has 0 atom stereocenters. The molecule has 5 heteroatoms. The van der Waals surface area contributed by atoms with Crippen LogP contribution < -0.4 is 15.2 Å². The molecule has 2 rings (SSSR count). The quantitative estimate of drug-likeness (QED) is 0.880. The Morgan fingerprint density at radius 2 is 2.15 bits per heavy atom. The number of ether oxygens (including phenoxy) is 2. The fourth-order valence-corrected chi connectivity index (χ4v) is 1.93. The first-order valence-corrected chi connectivity index (χ1v) is 6.67. The van der Waals surface area contributed by atoms with Gasteiger partial charge in [0.15, 0.2) is 5.75 Å².